The third kappa shape index (κ3) is 2.88. The predicted molar refractivity (Wildman–Crippen MR) is 67.5 cm³/mol. The molecular formula is C12H8ClF3N2O2. The number of nitrogens with two attached hydrogens (primary N) is 1. The van der Waals surface area contributed by atoms with Gasteiger partial charge in [-0.2, -0.15) is 13.2 Å². The fourth-order valence-electron chi connectivity index (χ4n) is 1.53. The van der Waals surface area contributed by atoms with Gasteiger partial charge in [-0.3, -0.25) is 4.79 Å². The highest BCUT2D eigenvalue weighted by Crippen LogP contribution is 2.35. The van der Waals surface area contributed by atoms with Crippen molar-refractivity contribution in [2.45, 2.75) is 6.18 Å². The number of carbonyl (C=O) groups excluding carboxylic acids is 1. The van der Waals surface area contributed by atoms with Gasteiger partial charge in [0.05, 0.1) is 17.4 Å². The van der Waals surface area contributed by atoms with Gasteiger partial charge in [-0.1, -0.05) is 0 Å². The monoisotopic (exact) mass is 304 g/mol. The van der Waals surface area contributed by atoms with Crippen LogP contribution in [-0.2, 0) is 6.18 Å². The molecule has 2 rings (SSSR count). The van der Waals surface area contributed by atoms with E-state index in [0.717, 1.165) is 12.1 Å². The molecule has 1 amide bonds. The lowest BCUT2D eigenvalue weighted by Gasteiger charge is -2.12. The number of alkyl halides is 3. The highest BCUT2D eigenvalue weighted by Gasteiger charge is 2.33. The van der Waals surface area contributed by atoms with Crippen LogP contribution in [0, 0.1) is 0 Å². The van der Waals surface area contributed by atoms with Crippen molar-refractivity contribution in [3.8, 4) is 0 Å². The molecule has 0 atom stereocenters. The first-order valence-electron chi connectivity index (χ1n) is 5.30. The summed E-state index contributed by atoms with van der Waals surface area (Å²) in [6.45, 7) is 0. The summed E-state index contributed by atoms with van der Waals surface area (Å²) >= 11 is 5.60. The van der Waals surface area contributed by atoms with Crippen molar-refractivity contribution in [2.24, 2.45) is 0 Å². The molecule has 0 aliphatic carbocycles. The van der Waals surface area contributed by atoms with Crippen LogP contribution in [0.15, 0.2) is 34.9 Å². The number of benzene rings is 1. The van der Waals surface area contributed by atoms with Crippen LogP contribution in [-0.4, -0.2) is 5.91 Å². The fourth-order valence-corrected chi connectivity index (χ4v) is 1.73. The normalized spacial score (nSPS) is 11.4. The molecule has 8 heteroatoms. The summed E-state index contributed by atoms with van der Waals surface area (Å²) in [4.78, 5) is 11.8. The van der Waals surface area contributed by atoms with Crippen LogP contribution in [0.5, 0.6) is 0 Å². The van der Waals surface area contributed by atoms with E-state index in [2.05, 4.69) is 5.32 Å². The number of hydrogen-bond donors (Lipinski definition) is 2. The topological polar surface area (TPSA) is 68.3 Å². The zero-order chi connectivity index (χ0) is 14.9. The van der Waals surface area contributed by atoms with Gasteiger partial charge in [-0.15, -0.1) is 0 Å². The molecule has 0 saturated heterocycles. The maximum Gasteiger partial charge on any atom is 0.418 e. The number of rotatable bonds is 2. The van der Waals surface area contributed by atoms with E-state index in [9.17, 15) is 18.0 Å². The molecule has 106 valence electrons. The molecule has 0 spiro atoms. The molecule has 0 unspecified atom stereocenters. The van der Waals surface area contributed by atoms with Gasteiger partial charge in [-0.05, 0) is 35.9 Å². The average Bonchev–Trinajstić information content (AvgIpc) is 2.76. The van der Waals surface area contributed by atoms with E-state index in [1.165, 1.54) is 18.4 Å². The summed E-state index contributed by atoms with van der Waals surface area (Å²) in [5.41, 5.74) is 3.79. The molecule has 20 heavy (non-hydrogen) atoms. The Balaban J connectivity index is 2.27. The second-order valence-electron chi connectivity index (χ2n) is 3.86. The maximum atomic E-state index is 12.7. The number of nitrogens with one attached hydrogen (secondary N) is 1. The lowest BCUT2D eigenvalue weighted by atomic mass is 10.1. The lowest BCUT2D eigenvalue weighted by molar-refractivity contribution is -0.136. The second kappa shape index (κ2) is 5.09. The second-order valence-corrected chi connectivity index (χ2v) is 4.21. The zero-order valence-corrected chi connectivity index (χ0v) is 10.5. The van der Waals surface area contributed by atoms with Crippen molar-refractivity contribution < 1.29 is 22.4 Å². The molecule has 0 radical (unpaired) electrons. The van der Waals surface area contributed by atoms with Crippen molar-refractivity contribution in [2.75, 3.05) is 11.1 Å². The minimum Gasteiger partial charge on any atom is -0.452 e. The van der Waals surface area contributed by atoms with E-state index >= 15 is 0 Å². The minimum atomic E-state index is -4.60. The van der Waals surface area contributed by atoms with Crippen molar-refractivity contribution in [3.63, 3.8) is 0 Å². The molecule has 4 nitrogen and oxygen atoms in total. The summed E-state index contributed by atoms with van der Waals surface area (Å²) in [6.07, 6.45) is -3.40. The largest absolute Gasteiger partial charge is 0.452 e. The number of halogens is 4. The number of hydrogen-bond acceptors (Lipinski definition) is 3. The Labute approximate surface area is 116 Å². The number of furan rings is 1. The van der Waals surface area contributed by atoms with Crippen LogP contribution < -0.4 is 11.1 Å². The summed E-state index contributed by atoms with van der Waals surface area (Å²) in [6, 6.07) is 4.38. The molecule has 2 aromatic rings. The summed E-state index contributed by atoms with van der Waals surface area (Å²) in [5, 5.41) is 2.14. The molecule has 0 saturated carbocycles. The Hall–Kier alpha value is -2.15. The van der Waals surface area contributed by atoms with Gasteiger partial charge in [0.1, 0.15) is 0 Å². The van der Waals surface area contributed by atoms with Crippen LogP contribution in [0.1, 0.15) is 15.9 Å². The maximum absolute atomic E-state index is 12.7. The highest BCUT2D eigenvalue weighted by atomic mass is 35.5. The Morgan fingerprint density at radius 3 is 2.55 bits per heavy atom. The summed E-state index contributed by atoms with van der Waals surface area (Å²) in [7, 11) is 0. The van der Waals surface area contributed by atoms with Gasteiger partial charge in [0, 0.05) is 11.4 Å². The Bertz CT molecular complexity index is 652. The Morgan fingerprint density at radius 1 is 1.30 bits per heavy atom. The molecular weight excluding hydrogens is 297 g/mol. The third-order valence-corrected chi connectivity index (χ3v) is 2.77. The number of nitrogen functional groups attached to an aromatic ring is 1. The van der Waals surface area contributed by atoms with Gasteiger partial charge < -0.3 is 15.5 Å². The Kier molecular flexibility index (Phi) is 3.63. The minimum absolute atomic E-state index is 0.0250. The van der Waals surface area contributed by atoms with E-state index in [-0.39, 0.29) is 16.5 Å². The molecule has 1 aromatic heterocycles. The smallest absolute Gasteiger partial charge is 0.418 e. The molecule has 0 bridgehead atoms. The molecule has 0 aliphatic heterocycles. The summed E-state index contributed by atoms with van der Waals surface area (Å²) in [5.74, 6) is -0.679. The Morgan fingerprint density at radius 2 is 2.00 bits per heavy atom. The van der Waals surface area contributed by atoms with E-state index in [4.69, 9.17) is 21.8 Å². The predicted octanol–water partition coefficient (Wildman–Crippen LogP) is 3.79. The van der Waals surface area contributed by atoms with Crippen molar-refractivity contribution in [1.29, 1.82) is 0 Å². The molecule has 0 aliphatic rings. The van der Waals surface area contributed by atoms with Gasteiger partial charge in [0.25, 0.3) is 5.91 Å². The van der Waals surface area contributed by atoms with E-state index < -0.39 is 23.3 Å². The SMILES string of the molecule is Nc1ccc(NC(=O)c2ccoc2Cl)cc1C(F)(F)F. The molecule has 1 aromatic carbocycles. The first-order chi connectivity index (χ1) is 9.29. The first-order valence-corrected chi connectivity index (χ1v) is 5.68. The van der Waals surface area contributed by atoms with Crippen LogP contribution in [0.2, 0.25) is 5.22 Å². The molecule has 0 fully saturated rings. The van der Waals surface area contributed by atoms with E-state index in [0.29, 0.717) is 0 Å². The van der Waals surface area contributed by atoms with Crippen LogP contribution in [0.25, 0.3) is 0 Å². The number of anilines is 2. The molecule has 3 N–H and O–H groups in total. The first kappa shape index (κ1) is 14.3. The van der Waals surface area contributed by atoms with Crippen LogP contribution >= 0.6 is 11.6 Å². The van der Waals surface area contributed by atoms with Gasteiger partial charge in [0.15, 0.2) is 0 Å². The van der Waals surface area contributed by atoms with Crippen molar-refractivity contribution in [1.82, 2.24) is 0 Å². The van der Waals surface area contributed by atoms with Gasteiger partial charge in [-0.25, -0.2) is 0 Å². The van der Waals surface area contributed by atoms with E-state index in [1.807, 2.05) is 0 Å². The van der Waals surface area contributed by atoms with Gasteiger partial charge >= 0.3 is 6.18 Å². The van der Waals surface area contributed by atoms with E-state index in [1.54, 1.807) is 0 Å². The standard InChI is InChI=1S/C12H8ClF3N2O2/c13-10-7(3-4-20-10)11(19)18-6-1-2-9(17)8(5-6)12(14,15)16/h1-5H,17H2,(H,18,19). The fraction of sp³-hybridized carbons (Fsp3) is 0.0833. The average molecular weight is 305 g/mol. The van der Waals surface area contributed by atoms with Crippen molar-refractivity contribution in [3.05, 3.63) is 46.9 Å². The quantitative estimate of drug-likeness (QED) is 0.829. The van der Waals surface area contributed by atoms with Crippen LogP contribution in [0.4, 0.5) is 24.5 Å². The van der Waals surface area contributed by atoms with Crippen LogP contribution in [0.3, 0.4) is 0 Å². The van der Waals surface area contributed by atoms with Crippen molar-refractivity contribution >= 4 is 28.9 Å². The number of carbonyl (C=O) groups is 1. The third-order valence-electron chi connectivity index (χ3n) is 2.48. The lowest BCUT2D eigenvalue weighted by Crippen LogP contribution is -2.14. The highest BCUT2D eigenvalue weighted by molar-refractivity contribution is 6.32. The summed E-state index contributed by atoms with van der Waals surface area (Å²) < 4.78 is 42.7. The zero-order valence-electron chi connectivity index (χ0n) is 9.79. The number of amides is 1. The van der Waals surface area contributed by atoms with Gasteiger partial charge in [0.2, 0.25) is 5.22 Å². The molecule has 1 heterocycles.